The number of rotatable bonds is 4. The van der Waals surface area contributed by atoms with Gasteiger partial charge in [0.2, 0.25) is 0 Å². The Morgan fingerprint density at radius 3 is 2.93 bits per heavy atom. The van der Waals surface area contributed by atoms with Gasteiger partial charge >= 0.3 is 0 Å². The van der Waals surface area contributed by atoms with Crippen molar-refractivity contribution in [1.29, 1.82) is 0 Å². The van der Waals surface area contributed by atoms with E-state index < -0.39 is 0 Å². The van der Waals surface area contributed by atoms with Crippen molar-refractivity contribution in [1.82, 2.24) is 5.32 Å². The number of carbonyl (C=O) groups is 1. The average Bonchev–Trinajstić information content (AvgIpc) is 2.54. The lowest BCUT2D eigenvalue weighted by Gasteiger charge is -1.99. The Bertz CT molecular complexity index is 349. The zero-order valence-corrected chi connectivity index (χ0v) is 9.86. The number of amides is 1. The standard InChI is InChI=1S/C11H16N2OS/c1-3-4-5-6-13-11(14)10-7-9(12)8(2)15-10/h3-4,7H,5-6,12H2,1-2H3,(H,13,14)/b4-3+. The van der Waals surface area contributed by atoms with Gasteiger partial charge in [-0.15, -0.1) is 11.3 Å². The Morgan fingerprint density at radius 2 is 2.40 bits per heavy atom. The maximum atomic E-state index is 11.6. The van der Waals surface area contributed by atoms with Crippen LogP contribution in [0.4, 0.5) is 5.69 Å². The van der Waals surface area contributed by atoms with Crippen LogP contribution in [0, 0.1) is 6.92 Å². The number of thiophene rings is 1. The van der Waals surface area contributed by atoms with Gasteiger partial charge in [0.1, 0.15) is 0 Å². The maximum Gasteiger partial charge on any atom is 0.261 e. The predicted molar refractivity (Wildman–Crippen MR) is 65.2 cm³/mol. The van der Waals surface area contributed by atoms with E-state index in [1.807, 2.05) is 26.0 Å². The molecule has 0 atom stereocenters. The van der Waals surface area contributed by atoms with Gasteiger partial charge in [0, 0.05) is 17.1 Å². The second kappa shape index (κ2) is 5.56. The first-order valence-electron chi connectivity index (χ1n) is 4.90. The predicted octanol–water partition coefficient (Wildman–Crippen LogP) is 2.33. The van der Waals surface area contributed by atoms with Crippen molar-refractivity contribution < 1.29 is 4.79 Å². The zero-order chi connectivity index (χ0) is 11.3. The van der Waals surface area contributed by atoms with Gasteiger partial charge in [-0.3, -0.25) is 4.79 Å². The highest BCUT2D eigenvalue weighted by molar-refractivity contribution is 7.14. The molecule has 0 saturated carbocycles. The monoisotopic (exact) mass is 224 g/mol. The van der Waals surface area contributed by atoms with E-state index in [9.17, 15) is 4.79 Å². The second-order valence-electron chi connectivity index (χ2n) is 3.24. The van der Waals surface area contributed by atoms with Gasteiger partial charge in [-0.2, -0.15) is 0 Å². The number of aryl methyl sites for hydroxylation is 1. The van der Waals surface area contributed by atoms with E-state index >= 15 is 0 Å². The van der Waals surface area contributed by atoms with Crippen LogP contribution in [0.25, 0.3) is 0 Å². The van der Waals surface area contributed by atoms with Crippen LogP contribution in [0.2, 0.25) is 0 Å². The minimum Gasteiger partial charge on any atom is -0.398 e. The third-order valence-electron chi connectivity index (χ3n) is 2.01. The van der Waals surface area contributed by atoms with E-state index in [-0.39, 0.29) is 5.91 Å². The van der Waals surface area contributed by atoms with Gasteiger partial charge in [0.25, 0.3) is 5.91 Å². The molecule has 0 aliphatic rings. The van der Waals surface area contributed by atoms with Gasteiger partial charge in [0.15, 0.2) is 0 Å². The van der Waals surface area contributed by atoms with Crippen molar-refractivity contribution in [3.05, 3.63) is 28.0 Å². The molecule has 1 heterocycles. The van der Waals surface area contributed by atoms with Gasteiger partial charge in [-0.25, -0.2) is 0 Å². The number of hydrogen-bond acceptors (Lipinski definition) is 3. The first-order valence-corrected chi connectivity index (χ1v) is 5.72. The lowest BCUT2D eigenvalue weighted by atomic mass is 10.3. The Kier molecular flexibility index (Phi) is 4.37. The molecule has 0 aromatic carbocycles. The van der Waals surface area contributed by atoms with Crippen LogP contribution in [0.1, 0.15) is 27.9 Å². The first-order chi connectivity index (χ1) is 7.15. The number of allylic oxidation sites excluding steroid dienone is 1. The molecule has 0 aliphatic heterocycles. The molecule has 0 spiro atoms. The molecule has 0 unspecified atom stereocenters. The Labute approximate surface area is 94.0 Å². The quantitative estimate of drug-likeness (QED) is 0.609. The highest BCUT2D eigenvalue weighted by Crippen LogP contribution is 2.22. The number of hydrogen-bond donors (Lipinski definition) is 2. The molecule has 0 radical (unpaired) electrons. The Hall–Kier alpha value is -1.29. The smallest absolute Gasteiger partial charge is 0.261 e. The van der Waals surface area contributed by atoms with Crippen molar-refractivity contribution in [2.45, 2.75) is 20.3 Å². The van der Waals surface area contributed by atoms with E-state index in [0.29, 0.717) is 17.1 Å². The molecule has 15 heavy (non-hydrogen) atoms. The van der Waals surface area contributed by atoms with Gasteiger partial charge in [-0.05, 0) is 26.3 Å². The third kappa shape index (κ3) is 3.40. The highest BCUT2D eigenvalue weighted by atomic mass is 32.1. The lowest BCUT2D eigenvalue weighted by molar-refractivity contribution is 0.0958. The van der Waals surface area contributed by atoms with Crippen LogP contribution in [-0.2, 0) is 0 Å². The SMILES string of the molecule is C/C=C/CCNC(=O)c1cc(N)c(C)s1. The normalized spacial score (nSPS) is 10.8. The van der Waals surface area contributed by atoms with Crippen LogP contribution in [-0.4, -0.2) is 12.5 Å². The van der Waals surface area contributed by atoms with Crippen molar-refractivity contribution in [2.75, 3.05) is 12.3 Å². The van der Waals surface area contributed by atoms with Gasteiger partial charge in [-0.1, -0.05) is 12.2 Å². The first kappa shape index (κ1) is 11.8. The van der Waals surface area contributed by atoms with Crippen LogP contribution < -0.4 is 11.1 Å². The van der Waals surface area contributed by atoms with Crippen molar-refractivity contribution >= 4 is 22.9 Å². The zero-order valence-electron chi connectivity index (χ0n) is 9.04. The molecule has 1 aromatic rings. The Morgan fingerprint density at radius 1 is 1.67 bits per heavy atom. The van der Waals surface area contributed by atoms with Crippen LogP contribution in [0.15, 0.2) is 18.2 Å². The number of nitrogens with one attached hydrogen (secondary N) is 1. The Balaban J connectivity index is 2.47. The second-order valence-corrected chi connectivity index (χ2v) is 4.49. The largest absolute Gasteiger partial charge is 0.398 e. The molecule has 0 fully saturated rings. The summed E-state index contributed by atoms with van der Waals surface area (Å²) in [6.45, 7) is 4.54. The molecule has 4 heteroatoms. The van der Waals surface area contributed by atoms with Crippen LogP contribution in [0.5, 0.6) is 0 Å². The number of carbonyl (C=O) groups excluding carboxylic acids is 1. The molecule has 1 rings (SSSR count). The summed E-state index contributed by atoms with van der Waals surface area (Å²) in [4.78, 5) is 13.3. The molecule has 0 aliphatic carbocycles. The fourth-order valence-corrected chi connectivity index (χ4v) is 1.99. The van der Waals surface area contributed by atoms with Crippen molar-refractivity contribution in [3.63, 3.8) is 0 Å². The summed E-state index contributed by atoms with van der Waals surface area (Å²) < 4.78 is 0. The summed E-state index contributed by atoms with van der Waals surface area (Å²) >= 11 is 1.43. The number of anilines is 1. The van der Waals surface area contributed by atoms with Crippen molar-refractivity contribution in [2.24, 2.45) is 0 Å². The summed E-state index contributed by atoms with van der Waals surface area (Å²) in [7, 11) is 0. The van der Waals surface area contributed by atoms with E-state index in [2.05, 4.69) is 5.32 Å². The number of nitrogens with two attached hydrogens (primary N) is 1. The molecular weight excluding hydrogens is 208 g/mol. The van der Waals surface area contributed by atoms with E-state index in [0.717, 1.165) is 11.3 Å². The fourth-order valence-electron chi connectivity index (χ4n) is 1.13. The van der Waals surface area contributed by atoms with Gasteiger partial charge in [0.05, 0.1) is 4.88 Å². The molecule has 0 bridgehead atoms. The van der Waals surface area contributed by atoms with E-state index in [4.69, 9.17) is 5.73 Å². The van der Waals surface area contributed by atoms with E-state index in [1.54, 1.807) is 6.07 Å². The summed E-state index contributed by atoms with van der Waals surface area (Å²) in [6.07, 6.45) is 4.86. The van der Waals surface area contributed by atoms with Gasteiger partial charge < -0.3 is 11.1 Å². The molecule has 3 nitrogen and oxygen atoms in total. The summed E-state index contributed by atoms with van der Waals surface area (Å²) in [5, 5.41) is 2.84. The van der Waals surface area contributed by atoms with Crippen LogP contribution >= 0.6 is 11.3 Å². The number of nitrogen functional groups attached to an aromatic ring is 1. The molecule has 1 amide bonds. The average molecular weight is 224 g/mol. The highest BCUT2D eigenvalue weighted by Gasteiger charge is 2.09. The summed E-state index contributed by atoms with van der Waals surface area (Å²) in [5.41, 5.74) is 6.37. The fraction of sp³-hybridized carbons (Fsp3) is 0.364. The molecule has 0 saturated heterocycles. The molecule has 82 valence electrons. The molecule has 3 N–H and O–H groups in total. The maximum absolute atomic E-state index is 11.6. The van der Waals surface area contributed by atoms with Crippen LogP contribution in [0.3, 0.4) is 0 Å². The summed E-state index contributed by atoms with van der Waals surface area (Å²) in [6, 6.07) is 1.73. The molecule has 1 aromatic heterocycles. The minimum absolute atomic E-state index is 0.0377. The van der Waals surface area contributed by atoms with Crippen molar-refractivity contribution in [3.8, 4) is 0 Å². The molecular formula is C11H16N2OS. The van der Waals surface area contributed by atoms with E-state index in [1.165, 1.54) is 11.3 Å². The topological polar surface area (TPSA) is 55.1 Å². The minimum atomic E-state index is -0.0377. The third-order valence-corrected chi connectivity index (χ3v) is 3.08. The lowest BCUT2D eigenvalue weighted by Crippen LogP contribution is -2.23. The summed E-state index contributed by atoms with van der Waals surface area (Å²) in [5.74, 6) is -0.0377.